The van der Waals surface area contributed by atoms with E-state index in [1.165, 1.54) is 0 Å². The first kappa shape index (κ1) is 10.8. The van der Waals surface area contributed by atoms with E-state index < -0.39 is 0 Å². The molecule has 0 fully saturated rings. The number of hydrogen-bond donors (Lipinski definition) is 1. The van der Waals surface area contributed by atoms with E-state index in [1.54, 1.807) is 17.5 Å². The molecule has 2 aromatic heterocycles. The topological polar surface area (TPSA) is 28.7 Å². The summed E-state index contributed by atoms with van der Waals surface area (Å²) in [6.45, 7) is 0. The average molecular weight is 250 g/mol. The molecule has 1 aromatic carbocycles. The Labute approximate surface area is 109 Å². The van der Waals surface area contributed by atoms with E-state index in [-0.39, 0.29) is 0 Å². The quantitative estimate of drug-likeness (QED) is 0.657. The highest BCUT2D eigenvalue weighted by Crippen LogP contribution is 2.25. The maximum Gasteiger partial charge on any atom is 0.0779 e. The van der Waals surface area contributed by atoms with E-state index in [0.29, 0.717) is 0 Å². The Balaban J connectivity index is 1.85. The summed E-state index contributed by atoms with van der Waals surface area (Å²) in [4.78, 5) is 2.22. The first-order valence-corrected chi connectivity index (χ1v) is 6.40. The number of hydrogen-bond acceptors (Lipinski definition) is 2. The summed E-state index contributed by atoms with van der Waals surface area (Å²) in [5.74, 6) is 6.33. The first-order valence-electron chi connectivity index (χ1n) is 5.58. The molecule has 1 N–H and O–H groups in total. The minimum atomic E-state index is 1.03. The summed E-state index contributed by atoms with van der Waals surface area (Å²) in [6.07, 6.45) is 1.75. The number of thiophene rings is 1. The van der Waals surface area contributed by atoms with Gasteiger partial charge in [0.2, 0.25) is 0 Å². The number of aromatic amines is 1. The van der Waals surface area contributed by atoms with Gasteiger partial charge in [0.25, 0.3) is 0 Å². The van der Waals surface area contributed by atoms with E-state index in [1.807, 2.05) is 42.5 Å². The fraction of sp³-hybridized carbons (Fsp3) is 0. The summed E-state index contributed by atoms with van der Waals surface area (Å²) >= 11 is 1.66. The predicted molar refractivity (Wildman–Crippen MR) is 74.3 cm³/mol. The van der Waals surface area contributed by atoms with Crippen LogP contribution < -0.4 is 0 Å². The van der Waals surface area contributed by atoms with Crippen molar-refractivity contribution in [3.63, 3.8) is 0 Å². The van der Waals surface area contributed by atoms with Crippen LogP contribution in [0.5, 0.6) is 0 Å². The van der Waals surface area contributed by atoms with Gasteiger partial charge >= 0.3 is 0 Å². The second-order valence-corrected chi connectivity index (χ2v) is 4.83. The van der Waals surface area contributed by atoms with Crippen molar-refractivity contribution in [3.05, 3.63) is 65.2 Å². The second kappa shape index (κ2) is 4.91. The Morgan fingerprint density at radius 1 is 0.944 bits per heavy atom. The van der Waals surface area contributed by atoms with Crippen LogP contribution in [0, 0.1) is 11.8 Å². The molecule has 0 spiro atoms. The summed E-state index contributed by atoms with van der Waals surface area (Å²) in [5.41, 5.74) is 2.07. The number of nitrogens with one attached hydrogen (secondary N) is 1. The van der Waals surface area contributed by atoms with Crippen molar-refractivity contribution < 1.29 is 0 Å². The molecule has 0 atom stereocenters. The van der Waals surface area contributed by atoms with Crippen molar-refractivity contribution in [1.29, 1.82) is 0 Å². The third-order valence-electron chi connectivity index (χ3n) is 2.48. The van der Waals surface area contributed by atoms with Gasteiger partial charge in [0, 0.05) is 11.8 Å². The van der Waals surface area contributed by atoms with Gasteiger partial charge in [-0.3, -0.25) is 5.10 Å². The van der Waals surface area contributed by atoms with Crippen molar-refractivity contribution in [3.8, 4) is 22.4 Å². The molecule has 0 amide bonds. The Morgan fingerprint density at radius 2 is 1.83 bits per heavy atom. The molecule has 0 aliphatic rings. The maximum absolute atomic E-state index is 3.95. The van der Waals surface area contributed by atoms with Crippen molar-refractivity contribution in [1.82, 2.24) is 10.2 Å². The Morgan fingerprint density at radius 3 is 2.61 bits per heavy atom. The molecule has 3 heteroatoms. The summed E-state index contributed by atoms with van der Waals surface area (Å²) in [6, 6.07) is 16.1. The molecule has 0 unspecified atom stereocenters. The second-order valence-electron chi connectivity index (χ2n) is 3.75. The summed E-state index contributed by atoms with van der Waals surface area (Å²) in [7, 11) is 0. The molecule has 0 saturated carbocycles. The normalized spacial score (nSPS) is 9.78. The van der Waals surface area contributed by atoms with Gasteiger partial charge in [0.05, 0.1) is 15.4 Å². The zero-order valence-electron chi connectivity index (χ0n) is 9.55. The van der Waals surface area contributed by atoms with Crippen LogP contribution in [0.3, 0.4) is 0 Å². The Kier molecular flexibility index (Phi) is 2.95. The number of aromatic nitrogens is 2. The molecule has 86 valence electrons. The van der Waals surface area contributed by atoms with Crippen LogP contribution in [-0.2, 0) is 0 Å². The van der Waals surface area contributed by atoms with Crippen LogP contribution in [-0.4, -0.2) is 10.2 Å². The van der Waals surface area contributed by atoms with Gasteiger partial charge in [-0.15, -0.1) is 11.3 Å². The molecule has 0 bridgehead atoms. The fourth-order valence-electron chi connectivity index (χ4n) is 1.60. The van der Waals surface area contributed by atoms with Crippen molar-refractivity contribution in [2.45, 2.75) is 0 Å². The van der Waals surface area contributed by atoms with Crippen LogP contribution in [0.4, 0.5) is 0 Å². The lowest BCUT2D eigenvalue weighted by atomic mass is 10.2. The van der Waals surface area contributed by atoms with Crippen molar-refractivity contribution >= 4 is 11.3 Å². The predicted octanol–water partition coefficient (Wildman–Crippen LogP) is 3.54. The molecule has 3 rings (SSSR count). The van der Waals surface area contributed by atoms with Crippen LogP contribution in [0.2, 0.25) is 0 Å². The number of rotatable bonds is 1. The fourth-order valence-corrected chi connectivity index (χ4v) is 2.43. The number of H-pyrrole nitrogens is 1. The highest BCUT2D eigenvalue weighted by atomic mass is 32.1. The highest BCUT2D eigenvalue weighted by Gasteiger charge is 2.01. The van der Waals surface area contributed by atoms with Gasteiger partial charge in [0.1, 0.15) is 0 Å². The van der Waals surface area contributed by atoms with Crippen molar-refractivity contribution in [2.75, 3.05) is 0 Å². The van der Waals surface area contributed by atoms with Gasteiger partial charge < -0.3 is 0 Å². The summed E-state index contributed by atoms with van der Waals surface area (Å²) in [5, 5.41) is 6.90. The molecule has 0 saturated heterocycles. The van der Waals surface area contributed by atoms with Crippen LogP contribution in [0.15, 0.2) is 54.7 Å². The lowest BCUT2D eigenvalue weighted by Gasteiger charge is -1.87. The van der Waals surface area contributed by atoms with E-state index >= 15 is 0 Å². The van der Waals surface area contributed by atoms with E-state index in [9.17, 15) is 0 Å². The maximum atomic E-state index is 3.95. The molecular weight excluding hydrogens is 240 g/mol. The molecule has 2 heterocycles. The largest absolute Gasteiger partial charge is 0.277 e. The lowest BCUT2D eigenvalue weighted by Crippen LogP contribution is -1.70. The standard InChI is InChI=1S/C15H10N2S/c1-2-4-12(5-3-1)6-7-13-8-9-15(18-13)14-10-11-16-17-14/h1-5,8-11H,(H,16,17). The van der Waals surface area contributed by atoms with Crippen LogP contribution >= 0.6 is 11.3 Å². The van der Waals surface area contributed by atoms with Crippen LogP contribution in [0.1, 0.15) is 10.4 Å². The van der Waals surface area contributed by atoms with E-state index in [0.717, 1.165) is 21.0 Å². The molecule has 3 aromatic rings. The van der Waals surface area contributed by atoms with Gasteiger partial charge in [0.15, 0.2) is 0 Å². The van der Waals surface area contributed by atoms with E-state index in [4.69, 9.17) is 0 Å². The van der Waals surface area contributed by atoms with E-state index in [2.05, 4.69) is 28.1 Å². The lowest BCUT2D eigenvalue weighted by molar-refractivity contribution is 1.10. The minimum Gasteiger partial charge on any atom is -0.277 e. The van der Waals surface area contributed by atoms with Gasteiger partial charge in [-0.05, 0) is 30.3 Å². The SMILES string of the molecule is C(#Cc1ccc(-c2ccn[nH]2)s1)c1ccccc1. The highest BCUT2D eigenvalue weighted by molar-refractivity contribution is 7.16. The van der Waals surface area contributed by atoms with Gasteiger partial charge in [-0.1, -0.05) is 30.0 Å². The Hall–Kier alpha value is -2.31. The van der Waals surface area contributed by atoms with Gasteiger partial charge in [-0.2, -0.15) is 5.10 Å². The molecular formula is C15H10N2S. The average Bonchev–Trinajstić information content (AvgIpc) is 3.08. The van der Waals surface area contributed by atoms with Gasteiger partial charge in [-0.25, -0.2) is 0 Å². The molecule has 0 radical (unpaired) electrons. The molecule has 2 nitrogen and oxygen atoms in total. The van der Waals surface area contributed by atoms with Crippen molar-refractivity contribution in [2.24, 2.45) is 0 Å². The summed E-state index contributed by atoms with van der Waals surface area (Å²) < 4.78 is 0. The molecule has 18 heavy (non-hydrogen) atoms. The monoisotopic (exact) mass is 250 g/mol. The zero-order valence-corrected chi connectivity index (χ0v) is 10.4. The minimum absolute atomic E-state index is 1.03. The number of nitrogens with zero attached hydrogens (tertiary/aromatic N) is 1. The third-order valence-corrected chi connectivity index (χ3v) is 3.51. The third kappa shape index (κ3) is 2.34. The number of benzene rings is 1. The van der Waals surface area contributed by atoms with Crippen LogP contribution in [0.25, 0.3) is 10.6 Å². The molecule has 0 aliphatic carbocycles. The molecule has 0 aliphatic heterocycles. The Bertz CT molecular complexity index is 685. The zero-order chi connectivity index (χ0) is 12.2. The smallest absolute Gasteiger partial charge is 0.0779 e. The first-order chi connectivity index (χ1) is 8.92.